The van der Waals surface area contributed by atoms with E-state index in [0.29, 0.717) is 0 Å². The van der Waals surface area contributed by atoms with Gasteiger partial charge in [-0.15, -0.1) is 0 Å². The summed E-state index contributed by atoms with van der Waals surface area (Å²) in [5, 5.41) is 12.0. The van der Waals surface area contributed by atoms with Gasteiger partial charge in [-0.1, -0.05) is 0 Å². The van der Waals surface area contributed by atoms with Crippen molar-refractivity contribution >= 4 is 0 Å². The SMILES string of the molecule is OO.[Cl-].[Na+]. The Morgan fingerprint density at radius 3 is 1.00 bits per heavy atom. The molecule has 0 aliphatic carbocycles. The predicted molar refractivity (Wildman–Crippen MR) is 5.26 cm³/mol. The van der Waals surface area contributed by atoms with Crippen molar-refractivity contribution in [1.82, 2.24) is 0 Å². The maximum absolute atomic E-state index is 6.00. The molecule has 4 heavy (non-hydrogen) atoms. The number of rotatable bonds is 0. The zero-order valence-corrected chi connectivity index (χ0v) is 5.03. The van der Waals surface area contributed by atoms with Gasteiger partial charge in [0, 0.05) is 0 Å². The average molecular weight is 92.5 g/mol. The first-order valence-corrected chi connectivity index (χ1v) is 0.200. The van der Waals surface area contributed by atoms with Crippen molar-refractivity contribution in [3.8, 4) is 0 Å². The Labute approximate surface area is 52.5 Å². The Balaban J connectivity index is -0.00000000500. The summed E-state index contributed by atoms with van der Waals surface area (Å²) < 4.78 is 0. The minimum absolute atomic E-state index is 0. The van der Waals surface area contributed by atoms with Crippen molar-refractivity contribution in [3.05, 3.63) is 0 Å². The molecule has 0 aliphatic rings. The van der Waals surface area contributed by atoms with Crippen molar-refractivity contribution in [2.24, 2.45) is 0 Å². The second kappa shape index (κ2) is 29.6. The molecule has 0 saturated carbocycles. The molecular weight excluding hydrogens is 90.4 g/mol. The zero-order chi connectivity index (χ0) is 2.00. The van der Waals surface area contributed by atoms with E-state index in [9.17, 15) is 0 Å². The summed E-state index contributed by atoms with van der Waals surface area (Å²) >= 11 is 0. The second-order valence-corrected chi connectivity index (χ2v) is 0. The van der Waals surface area contributed by atoms with Gasteiger partial charge < -0.3 is 12.4 Å². The van der Waals surface area contributed by atoms with Gasteiger partial charge in [0.1, 0.15) is 0 Å². The van der Waals surface area contributed by atoms with Gasteiger partial charge in [-0.3, -0.25) is 10.5 Å². The third-order valence-corrected chi connectivity index (χ3v) is 0. The maximum atomic E-state index is 6.00. The van der Waals surface area contributed by atoms with Crippen molar-refractivity contribution in [2.45, 2.75) is 0 Å². The minimum atomic E-state index is 0. The molecule has 4 heteroatoms. The first-order valence-electron chi connectivity index (χ1n) is 0.200. The molecule has 22 valence electrons. The van der Waals surface area contributed by atoms with E-state index in [-0.39, 0.29) is 42.0 Å². The normalized spacial score (nSPS) is 1.50. The van der Waals surface area contributed by atoms with Crippen LogP contribution in [-0.4, -0.2) is 10.5 Å². The van der Waals surface area contributed by atoms with Crippen LogP contribution in [0.5, 0.6) is 0 Å². The monoisotopic (exact) mass is 92.0 g/mol. The summed E-state index contributed by atoms with van der Waals surface area (Å²) in [6.07, 6.45) is 0. The number of hydrogen-bond donors (Lipinski definition) is 2. The Kier molecular flexibility index (Phi) is 140. The molecule has 0 atom stereocenters. The molecule has 0 amide bonds. The Bertz CT molecular complexity index is 6.00. The second-order valence-electron chi connectivity index (χ2n) is 0. The van der Waals surface area contributed by atoms with Crippen LogP contribution in [0.4, 0.5) is 0 Å². The van der Waals surface area contributed by atoms with E-state index in [1.165, 1.54) is 0 Å². The number of halogens is 1. The molecule has 0 aromatic rings. The van der Waals surface area contributed by atoms with Gasteiger partial charge in [0.2, 0.25) is 0 Å². The van der Waals surface area contributed by atoms with Crippen LogP contribution >= 0.6 is 0 Å². The molecule has 0 fully saturated rings. The van der Waals surface area contributed by atoms with E-state index in [2.05, 4.69) is 0 Å². The van der Waals surface area contributed by atoms with Crippen LogP contribution in [-0.2, 0) is 0 Å². The standard InChI is InChI=1S/ClH.Na.H2O2/c;;1-2/h1H;;1-2H/q;+1;/p-1. The van der Waals surface area contributed by atoms with Crippen LogP contribution in [0.15, 0.2) is 0 Å². The molecule has 0 spiro atoms. The fourth-order valence-corrected chi connectivity index (χ4v) is 0. The van der Waals surface area contributed by atoms with Crippen molar-refractivity contribution in [2.75, 3.05) is 0 Å². The summed E-state index contributed by atoms with van der Waals surface area (Å²) in [5.41, 5.74) is 0. The fourth-order valence-electron chi connectivity index (χ4n) is 0. The molecule has 0 heterocycles. The molecule has 0 aliphatic heterocycles. The van der Waals surface area contributed by atoms with Crippen LogP contribution < -0.4 is 42.0 Å². The molecule has 0 saturated heterocycles. The molecular formula is H2ClNaO2. The summed E-state index contributed by atoms with van der Waals surface area (Å²) in [4.78, 5) is 0. The molecule has 0 aromatic carbocycles. The van der Waals surface area contributed by atoms with Gasteiger partial charge in [0.25, 0.3) is 0 Å². The van der Waals surface area contributed by atoms with Crippen molar-refractivity contribution in [3.63, 3.8) is 0 Å². The quantitative estimate of drug-likeness (QED) is 0.177. The third kappa shape index (κ3) is 10.7. The molecule has 0 rings (SSSR count). The van der Waals surface area contributed by atoms with E-state index in [1.807, 2.05) is 0 Å². The van der Waals surface area contributed by atoms with Gasteiger partial charge >= 0.3 is 29.6 Å². The van der Waals surface area contributed by atoms with E-state index >= 15 is 0 Å². The van der Waals surface area contributed by atoms with Crippen molar-refractivity contribution in [1.29, 1.82) is 0 Å². The van der Waals surface area contributed by atoms with Crippen LogP contribution in [0.2, 0.25) is 0 Å². The first-order chi connectivity index (χ1) is 1.00. The number of hydrogen-bond acceptors (Lipinski definition) is 2. The van der Waals surface area contributed by atoms with E-state index < -0.39 is 0 Å². The van der Waals surface area contributed by atoms with Gasteiger partial charge in [-0.05, 0) is 0 Å². The Morgan fingerprint density at radius 2 is 1.00 bits per heavy atom. The smallest absolute Gasteiger partial charge is 1.00 e. The molecule has 2 N–H and O–H groups in total. The minimum Gasteiger partial charge on any atom is -1.00 e. The summed E-state index contributed by atoms with van der Waals surface area (Å²) in [5.74, 6) is 0. The first kappa shape index (κ1) is 18.9. The summed E-state index contributed by atoms with van der Waals surface area (Å²) in [6.45, 7) is 0. The van der Waals surface area contributed by atoms with Gasteiger partial charge in [-0.25, -0.2) is 0 Å². The Morgan fingerprint density at radius 1 is 1.00 bits per heavy atom. The van der Waals surface area contributed by atoms with Gasteiger partial charge in [-0.2, -0.15) is 0 Å². The van der Waals surface area contributed by atoms with E-state index in [1.54, 1.807) is 0 Å². The van der Waals surface area contributed by atoms with Gasteiger partial charge in [0.05, 0.1) is 0 Å². The maximum Gasteiger partial charge on any atom is 1.00 e. The molecule has 0 aromatic heterocycles. The third-order valence-electron chi connectivity index (χ3n) is 0. The molecule has 0 bridgehead atoms. The summed E-state index contributed by atoms with van der Waals surface area (Å²) in [7, 11) is 0. The van der Waals surface area contributed by atoms with Crippen LogP contribution in [0.25, 0.3) is 0 Å². The largest absolute Gasteiger partial charge is 1.00 e. The van der Waals surface area contributed by atoms with Gasteiger partial charge in [0.15, 0.2) is 0 Å². The van der Waals surface area contributed by atoms with Crippen LogP contribution in [0.3, 0.4) is 0 Å². The topological polar surface area (TPSA) is 40.5 Å². The average Bonchev–Trinajstić information content (AvgIpc) is 1.00. The predicted octanol–water partition coefficient (Wildman–Crippen LogP) is -5.97. The van der Waals surface area contributed by atoms with E-state index in [4.69, 9.17) is 10.5 Å². The van der Waals surface area contributed by atoms with E-state index in [0.717, 1.165) is 0 Å². The van der Waals surface area contributed by atoms with Crippen molar-refractivity contribution < 1.29 is 52.5 Å². The van der Waals surface area contributed by atoms with Crippen LogP contribution in [0.1, 0.15) is 0 Å². The Hall–Kier alpha value is 1.21. The van der Waals surface area contributed by atoms with Crippen LogP contribution in [0, 0.1) is 0 Å². The molecule has 2 nitrogen and oxygen atoms in total. The summed E-state index contributed by atoms with van der Waals surface area (Å²) in [6, 6.07) is 0. The molecule has 0 radical (unpaired) electrons. The fraction of sp³-hybridized carbons (Fsp3) is 0. The molecule has 0 unspecified atom stereocenters. The zero-order valence-electron chi connectivity index (χ0n) is 2.27.